The first-order valence-electron chi connectivity index (χ1n) is 9.97. The summed E-state index contributed by atoms with van der Waals surface area (Å²) in [4.78, 5) is 14.8. The summed E-state index contributed by atoms with van der Waals surface area (Å²) in [5.41, 5.74) is 7.00. The van der Waals surface area contributed by atoms with Crippen LogP contribution in [0.3, 0.4) is 0 Å². The van der Waals surface area contributed by atoms with Crippen LogP contribution in [0, 0.1) is 0 Å². The average molecular weight is 433 g/mol. The van der Waals surface area contributed by atoms with Crippen molar-refractivity contribution in [1.29, 1.82) is 0 Å². The van der Waals surface area contributed by atoms with Crippen LogP contribution in [0.2, 0.25) is 0 Å². The molecule has 3 aliphatic rings. The average Bonchev–Trinajstić information content (AvgIpc) is 3.34. The van der Waals surface area contributed by atoms with Crippen molar-refractivity contribution in [2.45, 2.75) is 43.0 Å². The highest BCUT2D eigenvalue weighted by Gasteiger charge is 2.50. The highest BCUT2D eigenvalue weighted by molar-refractivity contribution is 6.47. The first kappa shape index (κ1) is 21.7. The molecule has 4 rings (SSSR count). The Morgan fingerprint density at radius 1 is 1.23 bits per heavy atom. The molecule has 1 fully saturated rings. The number of rotatable bonds is 7. The summed E-state index contributed by atoms with van der Waals surface area (Å²) in [6.45, 7) is -0.254. The maximum absolute atomic E-state index is 10.4. The maximum Gasteiger partial charge on any atom is 0.162 e. The van der Waals surface area contributed by atoms with E-state index >= 15 is 0 Å². The van der Waals surface area contributed by atoms with Gasteiger partial charge < -0.3 is 40.2 Å². The Morgan fingerprint density at radius 3 is 2.68 bits per heavy atom. The van der Waals surface area contributed by atoms with Crippen LogP contribution in [0.1, 0.15) is 12.0 Å². The monoisotopic (exact) mass is 433 g/mol. The number of aryl methyl sites for hydroxylation is 1. The molecule has 5 atom stereocenters. The van der Waals surface area contributed by atoms with Crippen LogP contribution in [-0.4, -0.2) is 95.8 Å². The molecule has 1 saturated heterocycles. The Balaban J connectivity index is 1.48. The van der Waals surface area contributed by atoms with E-state index in [4.69, 9.17) is 19.9 Å². The molecule has 31 heavy (non-hydrogen) atoms. The van der Waals surface area contributed by atoms with Crippen LogP contribution in [0.25, 0.3) is 0 Å². The lowest BCUT2D eigenvalue weighted by Crippen LogP contribution is -2.55. The second kappa shape index (κ2) is 8.52. The van der Waals surface area contributed by atoms with Crippen molar-refractivity contribution in [1.82, 2.24) is 4.90 Å². The molecule has 11 heteroatoms. The second-order valence-corrected chi connectivity index (χ2v) is 7.66. The molecular weight excluding hydrogens is 406 g/mol. The molecular formula is C20H27N5O6. The number of nitrogens with zero attached hydrogens (tertiary/aromatic N) is 4. The number of aliphatic imine (C=N–C) groups is 3. The molecule has 168 valence electrons. The third kappa shape index (κ3) is 3.79. The fraction of sp³-hybridized carbons (Fsp3) is 0.550. The molecule has 0 saturated carbocycles. The van der Waals surface area contributed by atoms with Crippen LogP contribution in [0.15, 0.2) is 33.2 Å². The number of benzene rings is 1. The zero-order chi connectivity index (χ0) is 22.2. The zero-order valence-electron chi connectivity index (χ0n) is 17.4. The molecule has 0 amide bonds. The van der Waals surface area contributed by atoms with Crippen LogP contribution in [0.4, 0.5) is 0 Å². The van der Waals surface area contributed by atoms with Crippen molar-refractivity contribution in [3.05, 3.63) is 23.8 Å². The Bertz CT molecular complexity index is 921. The third-order valence-electron chi connectivity index (χ3n) is 5.81. The number of fused-ring (bicyclic) bond motifs is 1. The molecule has 3 aliphatic heterocycles. The third-order valence-corrected chi connectivity index (χ3v) is 5.81. The van der Waals surface area contributed by atoms with Crippen LogP contribution in [-0.2, 0) is 11.2 Å². The molecule has 0 bridgehead atoms. The number of hydrogen-bond acceptors (Lipinski definition) is 11. The molecule has 1 aromatic carbocycles. The van der Waals surface area contributed by atoms with Gasteiger partial charge in [-0.1, -0.05) is 6.07 Å². The summed E-state index contributed by atoms with van der Waals surface area (Å²) in [6, 6.07) is 5.67. The molecule has 11 nitrogen and oxygen atoms in total. The van der Waals surface area contributed by atoms with Crippen molar-refractivity contribution < 1.29 is 29.5 Å². The van der Waals surface area contributed by atoms with Gasteiger partial charge in [-0.2, -0.15) is 0 Å². The number of hydrogen-bond donors (Lipinski definition) is 4. The van der Waals surface area contributed by atoms with Crippen molar-refractivity contribution in [3.8, 4) is 11.5 Å². The summed E-state index contributed by atoms with van der Waals surface area (Å²) in [5, 5.41) is 29.8. The molecule has 3 heterocycles. The summed E-state index contributed by atoms with van der Waals surface area (Å²) in [7, 11) is 3.17. The van der Waals surface area contributed by atoms with Crippen LogP contribution < -0.4 is 15.2 Å². The fourth-order valence-electron chi connectivity index (χ4n) is 4.03. The van der Waals surface area contributed by atoms with E-state index < -0.39 is 36.8 Å². The Morgan fingerprint density at radius 2 is 2.00 bits per heavy atom. The van der Waals surface area contributed by atoms with E-state index in [2.05, 4.69) is 15.0 Å². The van der Waals surface area contributed by atoms with Gasteiger partial charge in [0.1, 0.15) is 37.0 Å². The van der Waals surface area contributed by atoms with Gasteiger partial charge in [0.25, 0.3) is 0 Å². The normalized spacial score (nSPS) is 32.0. The van der Waals surface area contributed by atoms with Crippen molar-refractivity contribution in [2.24, 2.45) is 20.7 Å². The minimum Gasteiger partial charge on any atom is -0.493 e. The summed E-state index contributed by atoms with van der Waals surface area (Å²) in [6.07, 6.45) is -1.75. The summed E-state index contributed by atoms with van der Waals surface area (Å²) >= 11 is 0. The van der Waals surface area contributed by atoms with Gasteiger partial charge in [-0.3, -0.25) is 4.99 Å². The van der Waals surface area contributed by atoms with Gasteiger partial charge in [0.05, 0.1) is 20.8 Å². The Labute approximate surface area is 179 Å². The van der Waals surface area contributed by atoms with E-state index in [9.17, 15) is 15.3 Å². The van der Waals surface area contributed by atoms with Gasteiger partial charge >= 0.3 is 0 Å². The van der Waals surface area contributed by atoms with Gasteiger partial charge in [0.2, 0.25) is 0 Å². The summed E-state index contributed by atoms with van der Waals surface area (Å²) < 4.78 is 16.3. The van der Waals surface area contributed by atoms with E-state index in [1.54, 1.807) is 19.1 Å². The zero-order valence-corrected chi connectivity index (χ0v) is 17.4. The molecule has 0 radical (unpaired) electrons. The minimum absolute atomic E-state index is 0.152. The highest BCUT2D eigenvalue weighted by atomic mass is 16.6. The topological polar surface area (TPSA) is 155 Å². The quantitative estimate of drug-likeness (QED) is 0.422. The Kier molecular flexibility index (Phi) is 5.95. The first-order chi connectivity index (χ1) is 14.9. The lowest BCUT2D eigenvalue weighted by Gasteiger charge is -2.32. The fourth-order valence-corrected chi connectivity index (χ4v) is 4.03. The number of nitrogens with two attached hydrogens (primary N) is 1. The van der Waals surface area contributed by atoms with Crippen LogP contribution in [0.5, 0.6) is 11.5 Å². The number of aliphatic hydroxyl groups excluding tert-OH is 3. The van der Waals surface area contributed by atoms with Crippen molar-refractivity contribution >= 4 is 17.9 Å². The van der Waals surface area contributed by atoms with Gasteiger partial charge in [-0.15, -0.1) is 0 Å². The number of methoxy groups -OCH3 is 2. The van der Waals surface area contributed by atoms with Crippen molar-refractivity contribution in [2.75, 3.05) is 27.5 Å². The lowest BCUT2D eigenvalue weighted by atomic mass is 9.94. The van der Waals surface area contributed by atoms with E-state index in [0.717, 1.165) is 5.56 Å². The molecule has 1 unspecified atom stereocenters. The maximum atomic E-state index is 10.4. The number of amidine groups is 1. The summed E-state index contributed by atoms with van der Waals surface area (Å²) in [5.74, 6) is 1.72. The molecule has 5 N–H and O–H groups in total. The lowest BCUT2D eigenvalue weighted by molar-refractivity contribution is -0.0688. The second-order valence-electron chi connectivity index (χ2n) is 7.66. The molecule has 0 spiro atoms. The first-order valence-corrected chi connectivity index (χ1v) is 9.97. The molecule has 0 aliphatic carbocycles. The van der Waals surface area contributed by atoms with Gasteiger partial charge in [-0.05, 0) is 30.5 Å². The van der Waals surface area contributed by atoms with Gasteiger partial charge in [-0.25, -0.2) is 9.98 Å². The largest absolute Gasteiger partial charge is 0.493 e. The molecule has 0 aromatic heterocycles. The van der Waals surface area contributed by atoms with Crippen LogP contribution >= 0.6 is 0 Å². The number of ether oxygens (including phenoxy) is 3. The van der Waals surface area contributed by atoms with Gasteiger partial charge in [0.15, 0.2) is 29.2 Å². The predicted molar refractivity (Wildman–Crippen MR) is 113 cm³/mol. The molecule has 1 aromatic rings. The van der Waals surface area contributed by atoms with E-state index in [1.807, 2.05) is 18.2 Å². The number of aliphatic hydroxyl groups is 3. The van der Waals surface area contributed by atoms with E-state index in [1.165, 1.54) is 6.34 Å². The Hall–Kier alpha value is -2.57. The van der Waals surface area contributed by atoms with Gasteiger partial charge in [0, 0.05) is 0 Å². The van der Waals surface area contributed by atoms with Crippen molar-refractivity contribution in [3.63, 3.8) is 0 Å². The van der Waals surface area contributed by atoms with E-state index in [-0.39, 0.29) is 6.67 Å². The minimum atomic E-state index is -1.22. The standard InChI is InChI=1S/C20H27N5O6/c1-29-12-4-3-11(7-13(12)30-2)5-6-20(21)17-18(22-9-24-20)25(10-23-17)19-16(28)15(27)14(8-26)31-19/h3-4,7,9,14-16,19,26-28H,5-6,8,10,21H2,1-2H3/t14-,15-,16-,19-,20?/m1/s1. The predicted octanol–water partition coefficient (Wildman–Crippen LogP) is -1.12. The smallest absolute Gasteiger partial charge is 0.162 e. The highest BCUT2D eigenvalue weighted by Crippen LogP contribution is 2.32. The SMILES string of the molecule is COc1ccc(CCC2(N)N=CN=C3C2=NCN3[C@@H]2O[C@H](CO)[C@@H](O)[C@H]2O)cc1OC. The van der Waals surface area contributed by atoms with E-state index in [0.29, 0.717) is 35.9 Å².